The van der Waals surface area contributed by atoms with Crippen LogP contribution in [0, 0.1) is 0 Å². The van der Waals surface area contributed by atoms with Crippen molar-refractivity contribution < 1.29 is 9.59 Å². The van der Waals surface area contributed by atoms with Gasteiger partial charge in [-0.15, -0.1) is 0 Å². The molecule has 0 aromatic heterocycles. The summed E-state index contributed by atoms with van der Waals surface area (Å²) in [5, 5.41) is 3.32. The van der Waals surface area contributed by atoms with Crippen molar-refractivity contribution in [2.75, 3.05) is 59.9 Å². The Kier molecular flexibility index (Phi) is 7.54. The zero-order chi connectivity index (χ0) is 15.0. The van der Waals surface area contributed by atoms with E-state index in [-0.39, 0.29) is 18.4 Å². The predicted octanol–water partition coefficient (Wildman–Crippen LogP) is -0.391. The van der Waals surface area contributed by atoms with E-state index >= 15 is 0 Å². The van der Waals surface area contributed by atoms with E-state index in [4.69, 9.17) is 0 Å². The summed E-state index contributed by atoms with van der Waals surface area (Å²) >= 11 is 0. The second-order valence-corrected chi connectivity index (χ2v) is 5.48. The monoisotopic (exact) mass is 284 g/mol. The highest BCUT2D eigenvalue weighted by Gasteiger charge is 2.20. The van der Waals surface area contributed by atoms with Crippen molar-refractivity contribution in [2.45, 2.75) is 19.8 Å². The Labute approximate surface area is 122 Å². The topological polar surface area (TPSA) is 55.9 Å². The number of nitrogens with zero attached hydrogens (tertiary/aromatic N) is 3. The van der Waals surface area contributed by atoms with Gasteiger partial charge < -0.3 is 15.1 Å². The molecule has 1 rings (SSSR count). The van der Waals surface area contributed by atoms with Crippen LogP contribution in [0.3, 0.4) is 0 Å². The Bertz CT molecular complexity index is 312. The highest BCUT2D eigenvalue weighted by molar-refractivity contribution is 5.85. The van der Waals surface area contributed by atoms with Gasteiger partial charge in [0.1, 0.15) is 0 Å². The van der Waals surface area contributed by atoms with Crippen molar-refractivity contribution in [3.63, 3.8) is 0 Å². The minimum atomic E-state index is -0.0238. The molecule has 0 unspecified atom stereocenters. The molecule has 0 bridgehead atoms. The van der Waals surface area contributed by atoms with Crippen LogP contribution in [-0.2, 0) is 9.59 Å². The maximum atomic E-state index is 12.4. The summed E-state index contributed by atoms with van der Waals surface area (Å²) in [4.78, 5) is 29.5. The van der Waals surface area contributed by atoms with Crippen LogP contribution in [0.4, 0.5) is 0 Å². The van der Waals surface area contributed by atoms with Crippen molar-refractivity contribution in [1.29, 1.82) is 0 Å². The van der Waals surface area contributed by atoms with Crippen molar-refractivity contribution in [2.24, 2.45) is 0 Å². The van der Waals surface area contributed by atoms with Crippen LogP contribution in [0.15, 0.2) is 0 Å². The van der Waals surface area contributed by atoms with Gasteiger partial charge in [0.2, 0.25) is 11.8 Å². The standard InChI is InChI=1S/C14H28N4O2/c1-4-8-18(12-13(19)16(2)3)14(20)11-17-9-5-6-15-7-10-17/h15H,4-12H2,1-3H3. The number of carbonyl (C=O) groups excluding carboxylic acids is 2. The Morgan fingerprint density at radius 1 is 1.15 bits per heavy atom. The van der Waals surface area contributed by atoms with Crippen LogP contribution >= 0.6 is 0 Å². The Hall–Kier alpha value is -1.14. The Balaban J connectivity index is 2.51. The lowest BCUT2D eigenvalue weighted by atomic mass is 10.3. The van der Waals surface area contributed by atoms with Gasteiger partial charge in [-0.2, -0.15) is 0 Å². The second kappa shape index (κ2) is 8.92. The average Bonchev–Trinajstić information content (AvgIpc) is 2.66. The van der Waals surface area contributed by atoms with Gasteiger partial charge in [-0.25, -0.2) is 0 Å². The van der Waals surface area contributed by atoms with Gasteiger partial charge in [0, 0.05) is 33.7 Å². The first-order valence-corrected chi connectivity index (χ1v) is 7.45. The first-order valence-electron chi connectivity index (χ1n) is 7.45. The average molecular weight is 284 g/mol. The van der Waals surface area contributed by atoms with Gasteiger partial charge in [0.15, 0.2) is 0 Å². The molecular weight excluding hydrogens is 256 g/mol. The number of amides is 2. The minimum Gasteiger partial charge on any atom is -0.347 e. The first-order chi connectivity index (χ1) is 9.54. The van der Waals surface area contributed by atoms with Gasteiger partial charge in [-0.3, -0.25) is 14.5 Å². The molecule has 0 spiro atoms. The molecule has 1 N–H and O–H groups in total. The predicted molar refractivity (Wildman–Crippen MR) is 79.5 cm³/mol. The van der Waals surface area contributed by atoms with E-state index in [0.717, 1.165) is 39.0 Å². The van der Waals surface area contributed by atoms with Crippen LogP contribution in [-0.4, -0.2) is 86.4 Å². The summed E-state index contributed by atoms with van der Waals surface area (Å²) in [6, 6.07) is 0. The van der Waals surface area contributed by atoms with E-state index in [0.29, 0.717) is 13.1 Å². The maximum Gasteiger partial charge on any atom is 0.241 e. The molecule has 0 radical (unpaired) electrons. The van der Waals surface area contributed by atoms with Crippen LogP contribution < -0.4 is 5.32 Å². The van der Waals surface area contributed by atoms with Crippen molar-refractivity contribution in [1.82, 2.24) is 20.0 Å². The summed E-state index contributed by atoms with van der Waals surface area (Å²) < 4.78 is 0. The van der Waals surface area contributed by atoms with Gasteiger partial charge >= 0.3 is 0 Å². The maximum absolute atomic E-state index is 12.4. The first kappa shape index (κ1) is 16.9. The van der Waals surface area contributed by atoms with Crippen LogP contribution in [0.25, 0.3) is 0 Å². The summed E-state index contributed by atoms with van der Waals surface area (Å²) in [5.74, 6) is 0.0354. The van der Waals surface area contributed by atoms with Crippen LogP contribution in [0.1, 0.15) is 19.8 Å². The lowest BCUT2D eigenvalue weighted by Crippen LogP contribution is -2.45. The highest BCUT2D eigenvalue weighted by atomic mass is 16.2. The Morgan fingerprint density at radius 2 is 1.90 bits per heavy atom. The van der Waals surface area contributed by atoms with E-state index < -0.39 is 0 Å². The van der Waals surface area contributed by atoms with E-state index in [1.54, 1.807) is 19.0 Å². The van der Waals surface area contributed by atoms with E-state index in [1.165, 1.54) is 4.90 Å². The molecule has 1 fully saturated rings. The largest absolute Gasteiger partial charge is 0.347 e. The number of rotatable bonds is 6. The molecule has 20 heavy (non-hydrogen) atoms. The molecule has 0 aromatic rings. The fraction of sp³-hybridized carbons (Fsp3) is 0.857. The lowest BCUT2D eigenvalue weighted by Gasteiger charge is -2.26. The van der Waals surface area contributed by atoms with E-state index in [9.17, 15) is 9.59 Å². The number of likely N-dealkylation sites (N-methyl/N-ethyl adjacent to an activating group) is 1. The molecule has 1 saturated heterocycles. The van der Waals surface area contributed by atoms with Gasteiger partial charge in [-0.05, 0) is 25.9 Å². The Morgan fingerprint density at radius 3 is 2.55 bits per heavy atom. The normalized spacial score (nSPS) is 16.6. The molecule has 0 aliphatic carbocycles. The molecule has 1 aliphatic rings. The van der Waals surface area contributed by atoms with Crippen LogP contribution in [0.5, 0.6) is 0 Å². The van der Waals surface area contributed by atoms with Gasteiger partial charge in [0.25, 0.3) is 0 Å². The SMILES string of the molecule is CCCN(CC(=O)N(C)C)C(=O)CN1CCCNCC1. The fourth-order valence-corrected chi connectivity index (χ4v) is 2.22. The fourth-order valence-electron chi connectivity index (χ4n) is 2.22. The van der Waals surface area contributed by atoms with Gasteiger partial charge in [0.05, 0.1) is 13.1 Å². The second-order valence-electron chi connectivity index (χ2n) is 5.48. The molecule has 6 heteroatoms. The molecule has 116 valence electrons. The summed E-state index contributed by atoms with van der Waals surface area (Å²) in [7, 11) is 3.44. The number of hydrogen-bond acceptors (Lipinski definition) is 4. The van der Waals surface area contributed by atoms with Crippen LogP contribution in [0.2, 0.25) is 0 Å². The lowest BCUT2D eigenvalue weighted by molar-refractivity contribution is -0.139. The number of nitrogens with one attached hydrogen (secondary N) is 1. The van der Waals surface area contributed by atoms with E-state index in [2.05, 4.69) is 10.2 Å². The summed E-state index contributed by atoms with van der Waals surface area (Å²) in [6.45, 7) is 7.06. The van der Waals surface area contributed by atoms with Crippen molar-refractivity contribution in [3.8, 4) is 0 Å². The molecule has 0 saturated carbocycles. The zero-order valence-electron chi connectivity index (χ0n) is 13.0. The molecular formula is C14H28N4O2. The zero-order valence-corrected chi connectivity index (χ0v) is 13.0. The molecule has 0 atom stereocenters. The third kappa shape index (κ3) is 5.88. The minimum absolute atomic E-state index is 0.0238. The number of hydrogen-bond donors (Lipinski definition) is 1. The summed E-state index contributed by atoms with van der Waals surface area (Å²) in [6.07, 6.45) is 1.94. The molecule has 2 amide bonds. The van der Waals surface area contributed by atoms with Crippen molar-refractivity contribution in [3.05, 3.63) is 0 Å². The molecule has 1 heterocycles. The third-order valence-electron chi connectivity index (χ3n) is 3.46. The molecule has 1 aliphatic heterocycles. The number of carbonyl (C=O) groups is 2. The molecule has 6 nitrogen and oxygen atoms in total. The van der Waals surface area contributed by atoms with E-state index in [1.807, 2.05) is 6.92 Å². The smallest absolute Gasteiger partial charge is 0.241 e. The van der Waals surface area contributed by atoms with Crippen molar-refractivity contribution >= 4 is 11.8 Å². The quantitative estimate of drug-likeness (QED) is 0.722. The molecule has 0 aromatic carbocycles. The third-order valence-corrected chi connectivity index (χ3v) is 3.46. The van der Waals surface area contributed by atoms with Gasteiger partial charge in [-0.1, -0.05) is 6.92 Å². The highest BCUT2D eigenvalue weighted by Crippen LogP contribution is 2.00. The summed E-state index contributed by atoms with van der Waals surface area (Å²) in [5.41, 5.74) is 0.